The Morgan fingerprint density at radius 2 is 1.75 bits per heavy atom. The third-order valence-corrected chi connectivity index (χ3v) is 1.84. The molecule has 0 saturated carbocycles. The molecule has 5 nitrogen and oxygen atoms in total. The summed E-state index contributed by atoms with van der Waals surface area (Å²) < 4.78 is 44.6. The van der Waals surface area contributed by atoms with Crippen LogP contribution >= 0.6 is 0 Å². The van der Waals surface area contributed by atoms with Crippen LogP contribution in [0.25, 0.3) is 0 Å². The quantitative estimate of drug-likeness (QED) is 0.423. The van der Waals surface area contributed by atoms with E-state index in [4.69, 9.17) is 9.47 Å². The highest BCUT2D eigenvalue weighted by Crippen LogP contribution is 2.13. The van der Waals surface area contributed by atoms with Crippen LogP contribution in [0, 0.1) is 0 Å². The lowest BCUT2D eigenvalue weighted by Crippen LogP contribution is -2.37. The molecule has 1 N–H and O–H groups in total. The fourth-order valence-electron chi connectivity index (χ4n) is 1.01. The van der Waals surface area contributed by atoms with Gasteiger partial charge in [0.2, 0.25) is 0 Å². The van der Waals surface area contributed by atoms with E-state index in [1.165, 1.54) is 0 Å². The Kier molecular flexibility index (Phi) is 13.6. The topological polar surface area (TPSA) is 64.6 Å². The smallest absolute Gasteiger partial charge is 0.353 e. The maximum absolute atomic E-state index is 11.5. The first-order chi connectivity index (χ1) is 9.29. The van der Waals surface area contributed by atoms with Gasteiger partial charge < -0.3 is 19.6 Å². The van der Waals surface area contributed by atoms with Crippen molar-refractivity contribution in [1.29, 1.82) is 0 Å². The molecule has 0 aliphatic rings. The van der Waals surface area contributed by atoms with Crippen LogP contribution in [-0.4, -0.2) is 44.4 Å². The zero-order chi connectivity index (χ0) is 16.0. The lowest BCUT2D eigenvalue weighted by molar-refractivity contribution is -0.173. The zero-order valence-corrected chi connectivity index (χ0v) is 12.0. The molecule has 0 spiro atoms. The Bertz CT molecular complexity index is 254. The van der Waals surface area contributed by atoms with Crippen molar-refractivity contribution >= 4 is 12.2 Å². The molecule has 0 aromatic carbocycles. The number of carbonyl (C=O) groups is 2. The predicted octanol–water partition coefficient (Wildman–Crippen LogP) is 2.05. The highest BCUT2D eigenvalue weighted by molar-refractivity contribution is 5.81. The lowest BCUT2D eigenvalue weighted by atomic mass is 10.3. The van der Waals surface area contributed by atoms with E-state index in [2.05, 4.69) is 0 Å². The van der Waals surface area contributed by atoms with Crippen molar-refractivity contribution in [2.45, 2.75) is 46.1 Å². The lowest BCUT2D eigenvalue weighted by Gasteiger charge is -2.09. The standard InChI is InChI=1S/C6H8F3NO2.C6H14O2/c7-6(8,9)5(12)10-3-1-2-4-11;1-4-7-6(3)8-5-2/h4H,1-3H2,(H,10,12);6H,4-5H2,1-3H3. The maximum atomic E-state index is 11.5. The molecule has 20 heavy (non-hydrogen) atoms. The van der Waals surface area contributed by atoms with E-state index < -0.39 is 12.1 Å². The fourth-order valence-corrected chi connectivity index (χ4v) is 1.01. The maximum Gasteiger partial charge on any atom is 0.471 e. The summed E-state index contributed by atoms with van der Waals surface area (Å²) in [5.41, 5.74) is 0. The second-order valence-electron chi connectivity index (χ2n) is 3.54. The number of unbranched alkanes of at least 4 members (excludes halogenated alkanes) is 1. The summed E-state index contributed by atoms with van der Waals surface area (Å²) in [4.78, 5) is 19.8. The van der Waals surface area contributed by atoms with Crippen molar-refractivity contribution in [3.63, 3.8) is 0 Å². The predicted molar refractivity (Wildman–Crippen MR) is 67.1 cm³/mol. The second kappa shape index (κ2) is 12.9. The summed E-state index contributed by atoms with van der Waals surface area (Å²) in [7, 11) is 0. The minimum atomic E-state index is -4.83. The van der Waals surface area contributed by atoms with Gasteiger partial charge in [-0.15, -0.1) is 0 Å². The number of halogens is 3. The number of carbonyl (C=O) groups excluding carboxylic acids is 2. The highest BCUT2D eigenvalue weighted by Gasteiger charge is 2.38. The molecule has 0 aromatic rings. The summed E-state index contributed by atoms with van der Waals surface area (Å²) in [6, 6.07) is 0. The van der Waals surface area contributed by atoms with Crippen molar-refractivity contribution in [3.8, 4) is 0 Å². The van der Waals surface area contributed by atoms with Crippen LogP contribution in [0.4, 0.5) is 13.2 Å². The minimum Gasteiger partial charge on any atom is -0.353 e. The van der Waals surface area contributed by atoms with Gasteiger partial charge in [-0.3, -0.25) is 4.79 Å². The molecule has 8 heteroatoms. The van der Waals surface area contributed by atoms with Crippen LogP contribution in [0.5, 0.6) is 0 Å². The van der Waals surface area contributed by atoms with Gasteiger partial charge >= 0.3 is 12.1 Å². The Balaban J connectivity index is 0. The van der Waals surface area contributed by atoms with Crippen molar-refractivity contribution in [1.82, 2.24) is 5.32 Å². The monoisotopic (exact) mass is 301 g/mol. The number of nitrogens with one attached hydrogen (secondary N) is 1. The molecular formula is C12H22F3NO4. The Labute approximate surface area is 116 Å². The van der Waals surface area contributed by atoms with E-state index in [9.17, 15) is 22.8 Å². The molecule has 1 amide bonds. The van der Waals surface area contributed by atoms with Crippen molar-refractivity contribution in [2.75, 3.05) is 19.8 Å². The second-order valence-corrected chi connectivity index (χ2v) is 3.54. The van der Waals surface area contributed by atoms with E-state index in [0.717, 1.165) is 13.2 Å². The molecule has 0 bridgehead atoms. The third kappa shape index (κ3) is 14.9. The molecule has 0 saturated heterocycles. The average Bonchev–Trinajstić information content (AvgIpc) is 2.34. The molecule has 0 heterocycles. The first-order valence-corrected chi connectivity index (χ1v) is 6.31. The number of ether oxygens (including phenoxy) is 2. The number of aldehydes is 1. The first-order valence-electron chi connectivity index (χ1n) is 6.31. The van der Waals surface area contributed by atoms with Gasteiger partial charge in [0.05, 0.1) is 0 Å². The number of rotatable bonds is 8. The molecule has 0 aromatic heterocycles. The highest BCUT2D eigenvalue weighted by atomic mass is 19.4. The number of hydrogen-bond acceptors (Lipinski definition) is 4. The molecule has 0 radical (unpaired) electrons. The largest absolute Gasteiger partial charge is 0.471 e. The average molecular weight is 301 g/mol. The van der Waals surface area contributed by atoms with E-state index in [1.807, 2.05) is 20.8 Å². The van der Waals surface area contributed by atoms with Gasteiger partial charge in [0.25, 0.3) is 0 Å². The normalized spacial score (nSPS) is 10.8. The summed E-state index contributed by atoms with van der Waals surface area (Å²) in [6.45, 7) is 7.12. The van der Waals surface area contributed by atoms with Crippen LogP contribution in [0.15, 0.2) is 0 Å². The van der Waals surface area contributed by atoms with Crippen molar-refractivity contribution < 1.29 is 32.2 Å². The molecule has 0 atom stereocenters. The molecule has 0 fully saturated rings. The van der Waals surface area contributed by atoms with Crippen molar-refractivity contribution in [2.24, 2.45) is 0 Å². The van der Waals surface area contributed by atoms with E-state index in [0.29, 0.717) is 6.29 Å². The molecule has 0 unspecified atom stereocenters. The van der Waals surface area contributed by atoms with Crippen LogP contribution < -0.4 is 5.32 Å². The fraction of sp³-hybridized carbons (Fsp3) is 0.833. The molecule has 120 valence electrons. The number of alkyl halides is 3. The Hall–Kier alpha value is -1.15. The number of hydrogen-bond donors (Lipinski definition) is 1. The Morgan fingerprint density at radius 1 is 1.25 bits per heavy atom. The zero-order valence-electron chi connectivity index (χ0n) is 12.0. The summed E-state index contributed by atoms with van der Waals surface area (Å²) >= 11 is 0. The molecule has 0 aliphatic heterocycles. The van der Waals surface area contributed by atoms with E-state index in [-0.39, 0.29) is 25.7 Å². The van der Waals surface area contributed by atoms with Crippen LogP contribution in [0.3, 0.4) is 0 Å². The molecule has 0 rings (SSSR count). The van der Waals surface area contributed by atoms with E-state index >= 15 is 0 Å². The van der Waals surface area contributed by atoms with Gasteiger partial charge in [-0.25, -0.2) is 0 Å². The van der Waals surface area contributed by atoms with Gasteiger partial charge in [-0.05, 0) is 27.2 Å². The van der Waals surface area contributed by atoms with Crippen LogP contribution in [-0.2, 0) is 19.1 Å². The van der Waals surface area contributed by atoms with Gasteiger partial charge in [0.15, 0.2) is 6.29 Å². The number of amides is 1. The molecular weight excluding hydrogens is 279 g/mol. The first kappa shape index (κ1) is 21.2. The van der Waals surface area contributed by atoms with Gasteiger partial charge in [-0.2, -0.15) is 13.2 Å². The SMILES string of the molecule is CCOC(C)OCC.O=CCCCNC(=O)C(F)(F)F. The summed E-state index contributed by atoms with van der Waals surface area (Å²) in [5.74, 6) is -1.96. The van der Waals surface area contributed by atoms with E-state index in [1.54, 1.807) is 5.32 Å². The van der Waals surface area contributed by atoms with Gasteiger partial charge in [0.1, 0.15) is 6.29 Å². The Morgan fingerprint density at radius 3 is 2.10 bits per heavy atom. The van der Waals surface area contributed by atoms with Gasteiger partial charge in [0, 0.05) is 26.2 Å². The molecule has 0 aliphatic carbocycles. The minimum absolute atomic E-state index is 0.0370. The van der Waals surface area contributed by atoms with Crippen LogP contribution in [0.2, 0.25) is 0 Å². The summed E-state index contributed by atoms with van der Waals surface area (Å²) in [6.07, 6.45) is -3.91. The third-order valence-electron chi connectivity index (χ3n) is 1.84. The summed E-state index contributed by atoms with van der Waals surface area (Å²) in [5, 5.41) is 1.63. The van der Waals surface area contributed by atoms with Gasteiger partial charge in [-0.1, -0.05) is 0 Å². The van der Waals surface area contributed by atoms with Crippen molar-refractivity contribution in [3.05, 3.63) is 0 Å². The van der Waals surface area contributed by atoms with Crippen LogP contribution in [0.1, 0.15) is 33.6 Å².